The third-order valence-electron chi connectivity index (χ3n) is 4.34. The first-order chi connectivity index (χ1) is 10.6. The maximum absolute atomic E-state index is 12.6. The maximum Gasteiger partial charge on any atom is 0.253 e. The third-order valence-corrected chi connectivity index (χ3v) is 4.34. The Hall–Kier alpha value is -1.46. The van der Waals surface area contributed by atoms with Gasteiger partial charge in [-0.1, -0.05) is 0 Å². The van der Waals surface area contributed by atoms with Gasteiger partial charge in [-0.25, -0.2) is 0 Å². The fraction of sp³-hybridized carbons (Fsp3) is 0.647. The van der Waals surface area contributed by atoms with Gasteiger partial charge in [-0.3, -0.25) is 9.78 Å². The van der Waals surface area contributed by atoms with Crippen molar-refractivity contribution in [2.45, 2.75) is 19.8 Å². The first-order valence-corrected chi connectivity index (χ1v) is 7.99. The number of hydrogen-bond donors (Lipinski definition) is 0. The molecule has 5 heteroatoms. The van der Waals surface area contributed by atoms with Gasteiger partial charge in [-0.05, 0) is 43.9 Å². The van der Waals surface area contributed by atoms with Gasteiger partial charge in [0.05, 0.1) is 6.61 Å². The number of hydrogen-bond acceptors (Lipinski definition) is 4. The van der Waals surface area contributed by atoms with E-state index < -0.39 is 0 Å². The SMILES string of the molecule is COCCN1CCCC(CN(C)C(=O)c2ccncc2C)C1. The van der Waals surface area contributed by atoms with Crippen molar-refractivity contribution in [3.63, 3.8) is 0 Å². The molecule has 2 rings (SSSR count). The van der Waals surface area contributed by atoms with Crippen LogP contribution in [0.5, 0.6) is 0 Å². The molecule has 1 aromatic rings. The van der Waals surface area contributed by atoms with Gasteiger partial charge >= 0.3 is 0 Å². The highest BCUT2D eigenvalue weighted by molar-refractivity contribution is 5.95. The van der Waals surface area contributed by atoms with Gasteiger partial charge in [-0.15, -0.1) is 0 Å². The number of amides is 1. The summed E-state index contributed by atoms with van der Waals surface area (Å²) in [4.78, 5) is 20.9. The number of pyridine rings is 1. The van der Waals surface area contributed by atoms with E-state index in [9.17, 15) is 4.79 Å². The predicted molar refractivity (Wildman–Crippen MR) is 87.0 cm³/mol. The number of ether oxygens (including phenoxy) is 1. The molecular weight excluding hydrogens is 278 g/mol. The molecule has 22 heavy (non-hydrogen) atoms. The zero-order valence-electron chi connectivity index (χ0n) is 13.9. The van der Waals surface area contributed by atoms with Crippen molar-refractivity contribution in [3.8, 4) is 0 Å². The molecule has 0 radical (unpaired) electrons. The largest absolute Gasteiger partial charge is 0.383 e. The van der Waals surface area contributed by atoms with Gasteiger partial charge in [0.15, 0.2) is 0 Å². The predicted octanol–water partition coefficient (Wildman–Crippen LogP) is 1.82. The quantitative estimate of drug-likeness (QED) is 0.804. The number of nitrogens with zero attached hydrogens (tertiary/aromatic N) is 3. The van der Waals surface area contributed by atoms with Crippen LogP contribution in [-0.2, 0) is 4.74 Å². The molecule has 0 saturated carbocycles. The van der Waals surface area contributed by atoms with Crippen molar-refractivity contribution in [2.75, 3.05) is 46.9 Å². The minimum atomic E-state index is 0.0916. The second kappa shape index (κ2) is 8.25. The lowest BCUT2D eigenvalue weighted by atomic mass is 9.97. The number of likely N-dealkylation sites (tertiary alicyclic amines) is 1. The molecule has 0 spiro atoms. The van der Waals surface area contributed by atoms with Crippen LogP contribution in [0.25, 0.3) is 0 Å². The average Bonchev–Trinajstić information content (AvgIpc) is 2.53. The van der Waals surface area contributed by atoms with Gasteiger partial charge in [0.2, 0.25) is 0 Å². The lowest BCUT2D eigenvalue weighted by molar-refractivity contribution is 0.0702. The van der Waals surface area contributed by atoms with E-state index in [-0.39, 0.29) is 5.91 Å². The van der Waals surface area contributed by atoms with E-state index in [0.29, 0.717) is 5.92 Å². The second-order valence-electron chi connectivity index (χ2n) is 6.18. The molecule has 1 saturated heterocycles. The van der Waals surface area contributed by atoms with Crippen molar-refractivity contribution in [2.24, 2.45) is 5.92 Å². The van der Waals surface area contributed by atoms with E-state index in [0.717, 1.165) is 43.9 Å². The summed E-state index contributed by atoms with van der Waals surface area (Å²) in [6.07, 6.45) is 5.82. The molecule has 1 amide bonds. The number of methoxy groups -OCH3 is 1. The molecule has 0 N–H and O–H groups in total. The van der Waals surface area contributed by atoms with Crippen LogP contribution in [-0.4, -0.2) is 67.6 Å². The number of piperidine rings is 1. The minimum Gasteiger partial charge on any atom is -0.383 e. The van der Waals surface area contributed by atoms with Gasteiger partial charge in [0.1, 0.15) is 0 Å². The molecule has 1 atom stereocenters. The molecule has 5 nitrogen and oxygen atoms in total. The van der Waals surface area contributed by atoms with E-state index in [1.807, 2.05) is 18.9 Å². The molecule has 1 unspecified atom stereocenters. The molecule has 1 aliphatic rings. The lowest BCUT2D eigenvalue weighted by Gasteiger charge is -2.34. The number of aryl methyl sites for hydroxylation is 1. The number of rotatable bonds is 6. The van der Waals surface area contributed by atoms with Gasteiger partial charge in [0.25, 0.3) is 5.91 Å². The highest BCUT2D eigenvalue weighted by Crippen LogP contribution is 2.18. The van der Waals surface area contributed by atoms with E-state index in [1.54, 1.807) is 25.6 Å². The van der Waals surface area contributed by atoms with E-state index in [4.69, 9.17) is 4.74 Å². The van der Waals surface area contributed by atoms with Crippen LogP contribution in [0.2, 0.25) is 0 Å². The Morgan fingerprint density at radius 1 is 1.55 bits per heavy atom. The lowest BCUT2D eigenvalue weighted by Crippen LogP contribution is -2.42. The van der Waals surface area contributed by atoms with Crippen LogP contribution in [0.15, 0.2) is 18.5 Å². The first kappa shape index (κ1) is 16.9. The Bertz CT molecular complexity index is 493. The van der Waals surface area contributed by atoms with Crippen molar-refractivity contribution < 1.29 is 9.53 Å². The van der Waals surface area contributed by atoms with Crippen LogP contribution in [0, 0.1) is 12.8 Å². The molecule has 1 aliphatic heterocycles. The maximum atomic E-state index is 12.6. The van der Waals surface area contributed by atoms with Crippen molar-refractivity contribution in [3.05, 3.63) is 29.6 Å². The summed E-state index contributed by atoms with van der Waals surface area (Å²) in [5.74, 6) is 0.635. The topological polar surface area (TPSA) is 45.7 Å². The average molecular weight is 305 g/mol. The molecule has 0 bridgehead atoms. The molecule has 122 valence electrons. The Labute approximate surface area is 133 Å². The Kier molecular flexibility index (Phi) is 6.34. The fourth-order valence-electron chi connectivity index (χ4n) is 3.11. The van der Waals surface area contributed by atoms with Crippen molar-refractivity contribution in [1.29, 1.82) is 0 Å². The van der Waals surface area contributed by atoms with E-state index in [1.165, 1.54) is 12.8 Å². The summed E-state index contributed by atoms with van der Waals surface area (Å²) in [5, 5.41) is 0. The number of aromatic nitrogens is 1. The van der Waals surface area contributed by atoms with Crippen LogP contribution < -0.4 is 0 Å². The zero-order chi connectivity index (χ0) is 15.9. The molecule has 0 aromatic carbocycles. The van der Waals surface area contributed by atoms with Gasteiger partial charge < -0.3 is 14.5 Å². The Balaban J connectivity index is 1.89. The van der Waals surface area contributed by atoms with Gasteiger partial charge in [0, 0.05) is 51.7 Å². The highest BCUT2D eigenvalue weighted by atomic mass is 16.5. The molecule has 2 heterocycles. The van der Waals surface area contributed by atoms with Crippen LogP contribution in [0.3, 0.4) is 0 Å². The molecule has 1 fully saturated rings. The minimum absolute atomic E-state index is 0.0916. The van der Waals surface area contributed by atoms with Crippen LogP contribution >= 0.6 is 0 Å². The monoisotopic (exact) mass is 305 g/mol. The summed E-state index contributed by atoms with van der Waals surface area (Å²) in [6.45, 7) is 6.69. The summed E-state index contributed by atoms with van der Waals surface area (Å²) in [7, 11) is 3.64. The normalized spacial score (nSPS) is 19.1. The van der Waals surface area contributed by atoms with Crippen molar-refractivity contribution >= 4 is 5.91 Å². The van der Waals surface area contributed by atoms with Crippen molar-refractivity contribution in [1.82, 2.24) is 14.8 Å². The van der Waals surface area contributed by atoms with E-state index in [2.05, 4.69) is 9.88 Å². The summed E-state index contributed by atoms with van der Waals surface area (Å²) >= 11 is 0. The number of carbonyl (C=O) groups is 1. The summed E-state index contributed by atoms with van der Waals surface area (Å²) in [5.41, 5.74) is 1.69. The Morgan fingerprint density at radius 2 is 2.36 bits per heavy atom. The van der Waals surface area contributed by atoms with Crippen LogP contribution in [0.1, 0.15) is 28.8 Å². The zero-order valence-corrected chi connectivity index (χ0v) is 13.9. The standard InChI is InChI=1S/C17H27N3O2/c1-14-11-18-7-6-16(14)17(21)19(2)12-15-5-4-8-20(13-15)9-10-22-3/h6-7,11,15H,4-5,8-10,12-13H2,1-3H3. The fourth-order valence-corrected chi connectivity index (χ4v) is 3.11. The van der Waals surface area contributed by atoms with Gasteiger partial charge in [-0.2, -0.15) is 0 Å². The second-order valence-corrected chi connectivity index (χ2v) is 6.18. The van der Waals surface area contributed by atoms with E-state index >= 15 is 0 Å². The molecule has 1 aromatic heterocycles. The number of carbonyl (C=O) groups excluding carboxylic acids is 1. The molecular formula is C17H27N3O2. The Morgan fingerprint density at radius 3 is 3.09 bits per heavy atom. The third kappa shape index (κ3) is 4.52. The summed E-state index contributed by atoms with van der Waals surface area (Å²) < 4.78 is 5.16. The summed E-state index contributed by atoms with van der Waals surface area (Å²) in [6, 6.07) is 1.81. The van der Waals surface area contributed by atoms with Crippen LogP contribution in [0.4, 0.5) is 0 Å². The highest BCUT2D eigenvalue weighted by Gasteiger charge is 2.23. The smallest absolute Gasteiger partial charge is 0.253 e. The molecule has 0 aliphatic carbocycles. The first-order valence-electron chi connectivity index (χ1n) is 7.99.